The first-order valence-electron chi connectivity index (χ1n) is 3.18. The summed E-state index contributed by atoms with van der Waals surface area (Å²) in [6.07, 6.45) is 3.15. The van der Waals surface area contributed by atoms with Gasteiger partial charge in [-0.1, -0.05) is 0 Å². The summed E-state index contributed by atoms with van der Waals surface area (Å²) >= 11 is 0. The molecule has 2 heterocycles. The lowest BCUT2D eigenvalue weighted by Crippen LogP contribution is -2.24. The van der Waals surface area contributed by atoms with Crippen molar-refractivity contribution >= 4 is 17.7 Å². The predicted octanol–water partition coefficient (Wildman–Crippen LogP) is 0.388. The summed E-state index contributed by atoms with van der Waals surface area (Å²) in [5, 5.41) is 17.5. The van der Waals surface area contributed by atoms with E-state index in [1.165, 1.54) is 6.20 Å². The van der Waals surface area contributed by atoms with Crippen LogP contribution in [-0.2, 0) is 0 Å². The van der Waals surface area contributed by atoms with Crippen LogP contribution in [0.15, 0.2) is 17.3 Å². The summed E-state index contributed by atoms with van der Waals surface area (Å²) < 4.78 is 0. The van der Waals surface area contributed by atoms with Crippen molar-refractivity contribution in [3.63, 3.8) is 0 Å². The highest BCUT2D eigenvalue weighted by atomic mass is 16.5. The number of nitrogens with zero attached hydrogens (tertiary/aromatic N) is 4. The minimum atomic E-state index is 0.367. The van der Waals surface area contributed by atoms with Gasteiger partial charge in [-0.2, -0.15) is 5.10 Å². The average Bonchev–Trinajstić information content (AvgIpc) is 2.06. The van der Waals surface area contributed by atoms with Crippen LogP contribution in [0.4, 0.5) is 11.5 Å². The van der Waals surface area contributed by atoms with Crippen LogP contribution in [0, 0.1) is 0 Å². The van der Waals surface area contributed by atoms with Gasteiger partial charge in [0, 0.05) is 6.21 Å². The van der Waals surface area contributed by atoms with Gasteiger partial charge in [-0.3, -0.25) is 10.2 Å². The van der Waals surface area contributed by atoms with Gasteiger partial charge in [0.25, 0.3) is 0 Å². The molecule has 0 unspecified atom stereocenters. The van der Waals surface area contributed by atoms with Crippen molar-refractivity contribution in [3.05, 3.63) is 12.3 Å². The lowest BCUT2D eigenvalue weighted by atomic mass is 10.4. The Kier molecular flexibility index (Phi) is 1.29. The van der Waals surface area contributed by atoms with Gasteiger partial charge >= 0.3 is 0 Å². The van der Waals surface area contributed by atoms with Crippen LogP contribution in [0.3, 0.4) is 0 Å². The molecular formula is C6H6N4O. The van der Waals surface area contributed by atoms with E-state index < -0.39 is 0 Å². The largest absolute Gasteiger partial charge is 0.286 e. The Balaban J connectivity index is 2.54. The first-order valence-corrected chi connectivity index (χ1v) is 3.18. The number of rotatable bonds is 0. The highest BCUT2D eigenvalue weighted by molar-refractivity contribution is 5.77. The second-order valence-electron chi connectivity index (χ2n) is 2.13. The molecule has 0 saturated carbocycles. The van der Waals surface area contributed by atoms with E-state index in [4.69, 9.17) is 0 Å². The zero-order valence-corrected chi connectivity index (χ0v) is 5.68. The minimum absolute atomic E-state index is 0.367. The highest BCUT2D eigenvalue weighted by Crippen LogP contribution is 2.25. The third-order valence-corrected chi connectivity index (χ3v) is 1.41. The maximum Gasteiger partial charge on any atom is 0.201 e. The molecule has 1 aliphatic rings. The van der Waals surface area contributed by atoms with Gasteiger partial charge < -0.3 is 0 Å². The van der Waals surface area contributed by atoms with Crippen LogP contribution in [-0.4, -0.2) is 28.2 Å². The number of fused-ring (bicyclic) bond motifs is 1. The normalized spacial score (nSPS) is 14.8. The van der Waals surface area contributed by atoms with Crippen molar-refractivity contribution < 1.29 is 5.21 Å². The fourth-order valence-corrected chi connectivity index (χ4v) is 0.905. The van der Waals surface area contributed by atoms with Gasteiger partial charge in [-0.15, -0.1) is 5.10 Å². The predicted molar refractivity (Wildman–Crippen MR) is 39.3 cm³/mol. The summed E-state index contributed by atoms with van der Waals surface area (Å²) in [6.45, 7) is 0.367. The quantitative estimate of drug-likeness (QED) is 0.581. The van der Waals surface area contributed by atoms with Gasteiger partial charge in [0.15, 0.2) is 0 Å². The molecule has 11 heavy (non-hydrogen) atoms. The third-order valence-electron chi connectivity index (χ3n) is 1.41. The van der Waals surface area contributed by atoms with Crippen LogP contribution >= 0.6 is 0 Å². The van der Waals surface area contributed by atoms with E-state index in [0.717, 1.165) is 5.06 Å². The maximum absolute atomic E-state index is 9.20. The van der Waals surface area contributed by atoms with E-state index in [2.05, 4.69) is 15.2 Å². The Morgan fingerprint density at radius 2 is 2.45 bits per heavy atom. The van der Waals surface area contributed by atoms with Gasteiger partial charge in [-0.25, -0.2) is 5.06 Å². The Hall–Kier alpha value is -1.49. The SMILES string of the molecule is ON1CC=Nc2ccnnc21. The number of hydrogen-bond donors (Lipinski definition) is 1. The maximum atomic E-state index is 9.20. The summed E-state index contributed by atoms with van der Waals surface area (Å²) in [5.41, 5.74) is 0.647. The van der Waals surface area contributed by atoms with Crippen molar-refractivity contribution in [1.29, 1.82) is 0 Å². The van der Waals surface area contributed by atoms with Gasteiger partial charge in [0.2, 0.25) is 5.82 Å². The molecule has 0 fully saturated rings. The fraction of sp³-hybridized carbons (Fsp3) is 0.167. The Morgan fingerprint density at radius 1 is 1.55 bits per heavy atom. The van der Waals surface area contributed by atoms with E-state index in [0.29, 0.717) is 18.1 Å². The summed E-state index contributed by atoms with van der Waals surface area (Å²) in [4.78, 5) is 4.01. The molecular weight excluding hydrogens is 144 g/mol. The second-order valence-corrected chi connectivity index (χ2v) is 2.13. The first-order chi connectivity index (χ1) is 5.38. The summed E-state index contributed by atoms with van der Waals surface area (Å²) in [5.74, 6) is 0.412. The zero-order valence-electron chi connectivity index (χ0n) is 5.68. The molecule has 0 radical (unpaired) electrons. The first kappa shape index (κ1) is 6.23. The van der Waals surface area contributed by atoms with Gasteiger partial charge in [0.05, 0.1) is 12.7 Å². The highest BCUT2D eigenvalue weighted by Gasteiger charge is 2.12. The van der Waals surface area contributed by atoms with Crippen LogP contribution in [0.1, 0.15) is 0 Å². The van der Waals surface area contributed by atoms with Crippen molar-refractivity contribution in [1.82, 2.24) is 10.2 Å². The Bertz CT molecular complexity index is 298. The molecule has 0 spiro atoms. The molecule has 5 nitrogen and oxygen atoms in total. The molecule has 0 saturated heterocycles. The van der Waals surface area contributed by atoms with Crippen LogP contribution < -0.4 is 5.06 Å². The van der Waals surface area contributed by atoms with E-state index in [-0.39, 0.29) is 0 Å². The van der Waals surface area contributed by atoms with Crippen molar-refractivity contribution in [3.8, 4) is 0 Å². The lowest BCUT2D eigenvalue weighted by molar-refractivity contribution is 0.265. The van der Waals surface area contributed by atoms with Gasteiger partial charge in [0.1, 0.15) is 5.69 Å². The smallest absolute Gasteiger partial charge is 0.201 e. The second kappa shape index (κ2) is 2.28. The molecule has 56 valence electrons. The van der Waals surface area contributed by atoms with Crippen LogP contribution in [0.5, 0.6) is 0 Å². The number of hydrogen-bond acceptors (Lipinski definition) is 5. The van der Waals surface area contributed by atoms with Crippen molar-refractivity contribution in [2.45, 2.75) is 0 Å². The monoisotopic (exact) mass is 150 g/mol. The van der Waals surface area contributed by atoms with E-state index in [1.807, 2.05) is 0 Å². The summed E-state index contributed by atoms with van der Waals surface area (Å²) in [6, 6.07) is 1.70. The molecule has 1 aromatic heterocycles. The molecule has 2 rings (SSSR count). The van der Waals surface area contributed by atoms with E-state index in [9.17, 15) is 5.21 Å². The van der Waals surface area contributed by atoms with Crippen LogP contribution in [0.25, 0.3) is 0 Å². The molecule has 0 atom stereocenters. The topological polar surface area (TPSA) is 61.6 Å². The lowest BCUT2D eigenvalue weighted by Gasteiger charge is -2.17. The van der Waals surface area contributed by atoms with E-state index in [1.54, 1.807) is 12.3 Å². The molecule has 1 aromatic rings. The average molecular weight is 150 g/mol. The Morgan fingerprint density at radius 3 is 3.27 bits per heavy atom. The van der Waals surface area contributed by atoms with Crippen molar-refractivity contribution in [2.75, 3.05) is 11.6 Å². The number of aromatic nitrogens is 2. The Labute approximate surface area is 63.0 Å². The number of hydroxylamine groups is 1. The molecule has 0 aromatic carbocycles. The molecule has 0 bridgehead atoms. The number of anilines is 1. The number of aliphatic imine (C=N–C) groups is 1. The zero-order chi connectivity index (χ0) is 7.68. The minimum Gasteiger partial charge on any atom is -0.286 e. The standard InChI is InChI=1S/C6H6N4O/c11-10-4-3-7-5-1-2-8-9-6(5)10/h1-3,11H,4H2. The molecule has 5 heteroatoms. The summed E-state index contributed by atoms with van der Waals surface area (Å²) in [7, 11) is 0. The molecule has 1 N–H and O–H groups in total. The van der Waals surface area contributed by atoms with Gasteiger partial charge in [-0.05, 0) is 6.07 Å². The molecule has 0 aliphatic carbocycles. The third kappa shape index (κ3) is 0.947. The van der Waals surface area contributed by atoms with E-state index >= 15 is 0 Å². The van der Waals surface area contributed by atoms with Crippen molar-refractivity contribution in [2.24, 2.45) is 4.99 Å². The molecule has 1 aliphatic heterocycles. The molecule has 0 amide bonds. The fourth-order valence-electron chi connectivity index (χ4n) is 0.905. The van der Waals surface area contributed by atoms with Crippen LogP contribution in [0.2, 0.25) is 0 Å².